The summed E-state index contributed by atoms with van der Waals surface area (Å²) >= 11 is 0. The van der Waals surface area contributed by atoms with E-state index in [2.05, 4.69) is 38.6 Å². The number of hydrogen-bond donors (Lipinski definition) is 2. The topological polar surface area (TPSA) is 62.7 Å². The number of aromatic nitrogens is 3. The van der Waals surface area contributed by atoms with Crippen LogP contribution in [0, 0.1) is 0 Å². The SMILES string of the molecule is CCc1cccnc1CNc1cc(NC)ncn1. The van der Waals surface area contributed by atoms with Crippen LogP contribution in [0.2, 0.25) is 0 Å². The zero-order chi connectivity index (χ0) is 12.8. The molecule has 5 nitrogen and oxygen atoms in total. The first-order valence-corrected chi connectivity index (χ1v) is 6.00. The van der Waals surface area contributed by atoms with Crippen LogP contribution in [-0.2, 0) is 13.0 Å². The maximum absolute atomic E-state index is 4.39. The van der Waals surface area contributed by atoms with Crippen LogP contribution in [0.15, 0.2) is 30.7 Å². The molecule has 0 spiro atoms. The van der Waals surface area contributed by atoms with E-state index in [-0.39, 0.29) is 0 Å². The molecule has 5 heteroatoms. The van der Waals surface area contributed by atoms with Crippen molar-refractivity contribution < 1.29 is 0 Å². The lowest BCUT2D eigenvalue weighted by molar-refractivity contribution is 0.961. The van der Waals surface area contributed by atoms with Crippen LogP contribution in [0.1, 0.15) is 18.2 Å². The van der Waals surface area contributed by atoms with E-state index in [9.17, 15) is 0 Å². The Morgan fingerprint density at radius 3 is 2.78 bits per heavy atom. The molecule has 2 rings (SSSR count). The molecule has 94 valence electrons. The number of pyridine rings is 1. The van der Waals surface area contributed by atoms with Crippen LogP contribution in [0.25, 0.3) is 0 Å². The molecule has 0 aliphatic rings. The first-order chi connectivity index (χ1) is 8.83. The van der Waals surface area contributed by atoms with Crippen LogP contribution < -0.4 is 10.6 Å². The first-order valence-electron chi connectivity index (χ1n) is 6.00. The number of rotatable bonds is 5. The van der Waals surface area contributed by atoms with Crippen molar-refractivity contribution in [2.24, 2.45) is 0 Å². The predicted octanol–water partition coefficient (Wildman–Crippen LogP) is 2.09. The maximum Gasteiger partial charge on any atom is 0.131 e. The lowest BCUT2D eigenvalue weighted by atomic mass is 10.1. The summed E-state index contributed by atoms with van der Waals surface area (Å²) in [5, 5.41) is 6.24. The van der Waals surface area contributed by atoms with Crippen molar-refractivity contribution >= 4 is 11.6 Å². The van der Waals surface area contributed by atoms with Crippen LogP contribution >= 0.6 is 0 Å². The van der Waals surface area contributed by atoms with Gasteiger partial charge >= 0.3 is 0 Å². The highest BCUT2D eigenvalue weighted by atomic mass is 15.1. The minimum absolute atomic E-state index is 0.671. The molecule has 0 aliphatic carbocycles. The van der Waals surface area contributed by atoms with Gasteiger partial charge < -0.3 is 10.6 Å². The minimum atomic E-state index is 0.671. The Morgan fingerprint density at radius 1 is 1.17 bits per heavy atom. The van der Waals surface area contributed by atoms with Gasteiger partial charge in [0.25, 0.3) is 0 Å². The second-order valence-corrected chi connectivity index (χ2v) is 3.85. The van der Waals surface area contributed by atoms with Crippen molar-refractivity contribution in [3.05, 3.63) is 42.0 Å². The predicted molar refractivity (Wildman–Crippen MR) is 72.5 cm³/mol. The highest BCUT2D eigenvalue weighted by molar-refractivity contribution is 5.46. The van der Waals surface area contributed by atoms with E-state index in [1.54, 1.807) is 0 Å². The number of anilines is 2. The average Bonchev–Trinajstić information content (AvgIpc) is 2.45. The van der Waals surface area contributed by atoms with E-state index in [0.717, 1.165) is 23.8 Å². The van der Waals surface area contributed by atoms with Gasteiger partial charge in [-0.3, -0.25) is 4.98 Å². The Labute approximate surface area is 107 Å². The van der Waals surface area contributed by atoms with Gasteiger partial charge in [-0.15, -0.1) is 0 Å². The lowest BCUT2D eigenvalue weighted by Gasteiger charge is -2.09. The quantitative estimate of drug-likeness (QED) is 0.842. The Morgan fingerprint density at radius 2 is 2.00 bits per heavy atom. The fourth-order valence-corrected chi connectivity index (χ4v) is 1.72. The summed E-state index contributed by atoms with van der Waals surface area (Å²) < 4.78 is 0. The fourth-order valence-electron chi connectivity index (χ4n) is 1.72. The van der Waals surface area contributed by atoms with Crippen molar-refractivity contribution in [1.29, 1.82) is 0 Å². The van der Waals surface area contributed by atoms with Gasteiger partial charge in [0, 0.05) is 19.3 Å². The molecule has 0 saturated carbocycles. The second kappa shape index (κ2) is 5.95. The molecule has 0 saturated heterocycles. The Bertz CT molecular complexity index is 512. The summed E-state index contributed by atoms with van der Waals surface area (Å²) in [7, 11) is 1.83. The van der Waals surface area contributed by atoms with Gasteiger partial charge in [0.05, 0.1) is 12.2 Å². The van der Waals surface area contributed by atoms with Crippen molar-refractivity contribution in [2.75, 3.05) is 17.7 Å². The maximum atomic E-state index is 4.39. The Balaban J connectivity index is 2.06. The van der Waals surface area contributed by atoms with Gasteiger partial charge in [0.15, 0.2) is 0 Å². The third-order valence-corrected chi connectivity index (χ3v) is 2.73. The largest absolute Gasteiger partial charge is 0.373 e. The van der Waals surface area contributed by atoms with E-state index in [1.165, 1.54) is 11.9 Å². The fraction of sp³-hybridized carbons (Fsp3) is 0.308. The Hall–Kier alpha value is -2.17. The van der Waals surface area contributed by atoms with Gasteiger partial charge in [-0.05, 0) is 18.1 Å². The van der Waals surface area contributed by atoms with Crippen LogP contribution in [-0.4, -0.2) is 22.0 Å². The summed E-state index contributed by atoms with van der Waals surface area (Å²) in [6.45, 7) is 2.80. The minimum Gasteiger partial charge on any atom is -0.373 e. The van der Waals surface area contributed by atoms with Gasteiger partial charge in [-0.25, -0.2) is 9.97 Å². The molecule has 0 radical (unpaired) electrons. The van der Waals surface area contributed by atoms with Gasteiger partial charge in [0.1, 0.15) is 18.0 Å². The smallest absolute Gasteiger partial charge is 0.131 e. The number of aryl methyl sites for hydroxylation is 1. The third kappa shape index (κ3) is 2.94. The summed E-state index contributed by atoms with van der Waals surface area (Å²) in [4.78, 5) is 12.6. The lowest BCUT2D eigenvalue weighted by Crippen LogP contribution is -2.06. The van der Waals surface area contributed by atoms with Crippen molar-refractivity contribution in [3.8, 4) is 0 Å². The van der Waals surface area contributed by atoms with Gasteiger partial charge in [0.2, 0.25) is 0 Å². The standard InChI is InChI=1S/C13H17N5/c1-3-10-5-4-6-15-11(10)8-16-13-7-12(14-2)17-9-18-13/h4-7,9H,3,8H2,1-2H3,(H2,14,16,17,18). The van der Waals surface area contributed by atoms with E-state index in [1.807, 2.05) is 25.4 Å². The van der Waals surface area contributed by atoms with Crippen molar-refractivity contribution in [3.63, 3.8) is 0 Å². The molecule has 2 N–H and O–H groups in total. The average molecular weight is 243 g/mol. The zero-order valence-corrected chi connectivity index (χ0v) is 10.6. The molecule has 0 fully saturated rings. The third-order valence-electron chi connectivity index (χ3n) is 2.73. The molecule has 0 aromatic carbocycles. The van der Waals surface area contributed by atoms with Crippen molar-refractivity contribution in [1.82, 2.24) is 15.0 Å². The molecule has 0 atom stereocenters. The second-order valence-electron chi connectivity index (χ2n) is 3.85. The molecule has 2 heterocycles. The molecule has 0 unspecified atom stereocenters. The monoisotopic (exact) mass is 243 g/mol. The molecule has 0 bridgehead atoms. The van der Waals surface area contributed by atoms with Crippen LogP contribution in [0.5, 0.6) is 0 Å². The molecule has 0 aliphatic heterocycles. The summed E-state index contributed by atoms with van der Waals surface area (Å²) in [6.07, 6.45) is 4.33. The number of nitrogens with one attached hydrogen (secondary N) is 2. The van der Waals surface area contributed by atoms with Gasteiger partial charge in [-0.1, -0.05) is 13.0 Å². The molecule has 2 aromatic rings. The zero-order valence-electron chi connectivity index (χ0n) is 10.6. The summed E-state index contributed by atoms with van der Waals surface area (Å²) in [5.41, 5.74) is 2.32. The highest BCUT2D eigenvalue weighted by Crippen LogP contribution is 2.11. The van der Waals surface area contributed by atoms with E-state index in [4.69, 9.17) is 0 Å². The number of hydrogen-bond acceptors (Lipinski definition) is 5. The molecule has 2 aromatic heterocycles. The molecular formula is C13H17N5. The Kier molecular flexibility index (Phi) is 4.06. The van der Waals surface area contributed by atoms with E-state index >= 15 is 0 Å². The molecule has 0 amide bonds. The van der Waals surface area contributed by atoms with Crippen LogP contribution in [0.4, 0.5) is 11.6 Å². The number of nitrogens with zero attached hydrogens (tertiary/aromatic N) is 3. The van der Waals surface area contributed by atoms with E-state index in [0.29, 0.717) is 6.54 Å². The van der Waals surface area contributed by atoms with Crippen LogP contribution in [0.3, 0.4) is 0 Å². The van der Waals surface area contributed by atoms with Gasteiger partial charge in [-0.2, -0.15) is 0 Å². The van der Waals surface area contributed by atoms with Crippen molar-refractivity contribution in [2.45, 2.75) is 19.9 Å². The normalized spacial score (nSPS) is 10.1. The molecular weight excluding hydrogens is 226 g/mol. The summed E-state index contributed by atoms with van der Waals surface area (Å²) in [5.74, 6) is 1.59. The first kappa shape index (κ1) is 12.3. The van der Waals surface area contributed by atoms with E-state index < -0.39 is 0 Å². The highest BCUT2D eigenvalue weighted by Gasteiger charge is 2.02. The molecule has 18 heavy (non-hydrogen) atoms. The summed E-state index contributed by atoms with van der Waals surface area (Å²) in [6, 6.07) is 5.93.